The van der Waals surface area contributed by atoms with Crippen LogP contribution in [0.1, 0.15) is 19.5 Å². The summed E-state index contributed by atoms with van der Waals surface area (Å²) in [5, 5.41) is 12.6. The van der Waals surface area contributed by atoms with Crippen LogP contribution in [0, 0.1) is 11.3 Å². The molecule has 0 aromatic carbocycles. The second kappa shape index (κ2) is 4.24. The fraction of sp³-hybridized carbons (Fsp3) is 0.375. The maximum atomic E-state index is 10.8. The Labute approximate surface area is 89.4 Å². The van der Waals surface area contributed by atoms with Crippen molar-refractivity contribution in [2.45, 2.75) is 20.4 Å². The Balaban J connectivity index is 3.19. The van der Waals surface area contributed by atoms with E-state index in [9.17, 15) is 4.79 Å². The van der Waals surface area contributed by atoms with E-state index in [1.165, 1.54) is 11.6 Å². The Morgan fingerprint density at radius 3 is 2.86 bits per heavy atom. The molecule has 0 saturated heterocycles. The first kappa shape index (κ1) is 10.7. The molecule has 0 aliphatic carbocycles. The molecule has 0 aliphatic heterocycles. The predicted molar refractivity (Wildman–Crippen MR) is 51.6 cm³/mol. The number of hydrogen-bond acceptors (Lipinski definition) is 4. The lowest BCUT2D eigenvalue weighted by molar-refractivity contribution is -0.132. The van der Waals surface area contributed by atoms with Crippen molar-refractivity contribution in [2.24, 2.45) is 0 Å². The SMILES string of the molecule is CCn1nc(C#N)c(Br)c1OC(C)=O. The second-order valence-corrected chi connectivity index (χ2v) is 3.28. The minimum Gasteiger partial charge on any atom is -0.407 e. The van der Waals surface area contributed by atoms with Crippen LogP contribution in [0.2, 0.25) is 0 Å². The first-order valence-electron chi connectivity index (χ1n) is 3.95. The molecule has 74 valence electrons. The molecule has 5 nitrogen and oxygen atoms in total. The number of aryl methyl sites for hydroxylation is 1. The largest absolute Gasteiger partial charge is 0.407 e. The molecule has 0 saturated carbocycles. The van der Waals surface area contributed by atoms with Crippen LogP contribution in [-0.4, -0.2) is 15.7 Å². The number of halogens is 1. The van der Waals surface area contributed by atoms with Gasteiger partial charge in [0, 0.05) is 13.5 Å². The van der Waals surface area contributed by atoms with Crippen LogP contribution in [0.4, 0.5) is 0 Å². The molecule has 0 atom stereocenters. The van der Waals surface area contributed by atoms with Crippen molar-refractivity contribution in [3.8, 4) is 11.9 Å². The van der Waals surface area contributed by atoms with Gasteiger partial charge in [0.2, 0.25) is 5.88 Å². The first-order chi connectivity index (χ1) is 6.60. The maximum absolute atomic E-state index is 10.8. The van der Waals surface area contributed by atoms with Crippen molar-refractivity contribution in [3.05, 3.63) is 10.2 Å². The maximum Gasteiger partial charge on any atom is 0.309 e. The summed E-state index contributed by atoms with van der Waals surface area (Å²) in [6.07, 6.45) is 0. The number of carbonyl (C=O) groups is 1. The summed E-state index contributed by atoms with van der Waals surface area (Å²) in [6, 6.07) is 1.89. The highest BCUT2D eigenvalue weighted by Gasteiger charge is 2.17. The van der Waals surface area contributed by atoms with Crippen molar-refractivity contribution in [1.29, 1.82) is 5.26 Å². The van der Waals surface area contributed by atoms with Crippen LogP contribution in [-0.2, 0) is 11.3 Å². The minimum atomic E-state index is -0.440. The van der Waals surface area contributed by atoms with Crippen LogP contribution < -0.4 is 4.74 Å². The van der Waals surface area contributed by atoms with E-state index in [-0.39, 0.29) is 11.6 Å². The lowest BCUT2D eigenvalue weighted by Crippen LogP contribution is -2.07. The number of aromatic nitrogens is 2. The number of nitriles is 1. The quantitative estimate of drug-likeness (QED) is 0.753. The summed E-state index contributed by atoms with van der Waals surface area (Å²) in [4.78, 5) is 10.8. The van der Waals surface area contributed by atoms with E-state index < -0.39 is 5.97 Å². The van der Waals surface area contributed by atoms with Crippen molar-refractivity contribution < 1.29 is 9.53 Å². The van der Waals surface area contributed by atoms with E-state index in [1.54, 1.807) is 0 Å². The Morgan fingerprint density at radius 2 is 2.43 bits per heavy atom. The molecule has 6 heteroatoms. The molecule has 0 radical (unpaired) electrons. The molecule has 0 spiro atoms. The third-order valence-corrected chi connectivity index (χ3v) is 2.21. The number of nitrogens with zero attached hydrogens (tertiary/aromatic N) is 3. The fourth-order valence-corrected chi connectivity index (χ4v) is 1.40. The van der Waals surface area contributed by atoms with Crippen LogP contribution in [0.5, 0.6) is 5.88 Å². The van der Waals surface area contributed by atoms with Gasteiger partial charge in [-0.3, -0.25) is 4.79 Å². The van der Waals surface area contributed by atoms with Gasteiger partial charge in [-0.25, -0.2) is 4.68 Å². The zero-order valence-electron chi connectivity index (χ0n) is 7.74. The van der Waals surface area contributed by atoms with E-state index >= 15 is 0 Å². The first-order valence-corrected chi connectivity index (χ1v) is 4.74. The lowest BCUT2D eigenvalue weighted by atomic mass is 10.5. The molecular formula is C8H8BrN3O2. The zero-order valence-corrected chi connectivity index (χ0v) is 9.33. The summed E-state index contributed by atoms with van der Waals surface area (Å²) in [5.41, 5.74) is 0.211. The molecule has 0 aliphatic rings. The summed E-state index contributed by atoms with van der Waals surface area (Å²) in [6.45, 7) is 3.67. The van der Waals surface area contributed by atoms with Gasteiger partial charge in [0.05, 0.1) is 0 Å². The highest BCUT2D eigenvalue weighted by Crippen LogP contribution is 2.28. The Morgan fingerprint density at radius 1 is 1.79 bits per heavy atom. The Kier molecular flexibility index (Phi) is 3.25. The van der Waals surface area contributed by atoms with Gasteiger partial charge in [0.25, 0.3) is 0 Å². The standard InChI is InChI=1S/C8H8BrN3O2/c1-3-12-8(14-5(2)13)7(9)6(4-10)11-12/h3H2,1-2H3. The predicted octanol–water partition coefficient (Wildman–Crippen LogP) is 1.46. The summed E-state index contributed by atoms with van der Waals surface area (Å²) >= 11 is 3.15. The molecule has 0 bridgehead atoms. The van der Waals surface area contributed by atoms with Gasteiger partial charge >= 0.3 is 5.97 Å². The van der Waals surface area contributed by atoms with Crippen LogP contribution >= 0.6 is 15.9 Å². The summed E-state index contributed by atoms with van der Waals surface area (Å²) in [5.74, 6) is -0.165. The highest BCUT2D eigenvalue weighted by atomic mass is 79.9. The smallest absolute Gasteiger partial charge is 0.309 e. The van der Waals surface area contributed by atoms with E-state index in [1.807, 2.05) is 13.0 Å². The van der Waals surface area contributed by atoms with Crippen LogP contribution in [0.3, 0.4) is 0 Å². The minimum absolute atomic E-state index is 0.211. The second-order valence-electron chi connectivity index (χ2n) is 2.49. The summed E-state index contributed by atoms with van der Waals surface area (Å²) in [7, 11) is 0. The number of rotatable bonds is 2. The molecule has 1 aromatic heterocycles. The molecule has 0 amide bonds. The van der Waals surface area contributed by atoms with Gasteiger partial charge < -0.3 is 4.74 Å². The number of ether oxygens (including phenoxy) is 1. The van der Waals surface area contributed by atoms with Gasteiger partial charge in [-0.1, -0.05) is 0 Å². The Hall–Kier alpha value is -1.35. The molecule has 1 heterocycles. The zero-order chi connectivity index (χ0) is 10.7. The number of carbonyl (C=O) groups excluding carboxylic acids is 1. The van der Waals surface area contributed by atoms with Crippen LogP contribution in [0.15, 0.2) is 4.47 Å². The monoisotopic (exact) mass is 257 g/mol. The van der Waals surface area contributed by atoms with E-state index in [0.29, 0.717) is 11.0 Å². The topological polar surface area (TPSA) is 67.9 Å². The van der Waals surface area contributed by atoms with Gasteiger partial charge in [-0.2, -0.15) is 10.4 Å². The van der Waals surface area contributed by atoms with Crippen molar-refractivity contribution >= 4 is 21.9 Å². The highest BCUT2D eigenvalue weighted by molar-refractivity contribution is 9.10. The molecular weight excluding hydrogens is 250 g/mol. The number of esters is 1. The van der Waals surface area contributed by atoms with Crippen molar-refractivity contribution in [2.75, 3.05) is 0 Å². The molecule has 14 heavy (non-hydrogen) atoms. The van der Waals surface area contributed by atoms with Gasteiger partial charge in [0.15, 0.2) is 5.69 Å². The molecule has 0 fully saturated rings. The van der Waals surface area contributed by atoms with E-state index in [0.717, 1.165) is 0 Å². The molecule has 1 aromatic rings. The van der Waals surface area contributed by atoms with Gasteiger partial charge in [-0.05, 0) is 22.9 Å². The summed E-state index contributed by atoms with van der Waals surface area (Å²) < 4.78 is 6.78. The third kappa shape index (κ3) is 1.93. The van der Waals surface area contributed by atoms with E-state index in [4.69, 9.17) is 10.00 Å². The Bertz CT molecular complexity index is 405. The lowest BCUT2D eigenvalue weighted by Gasteiger charge is -2.02. The normalized spacial score (nSPS) is 9.57. The molecule has 0 unspecified atom stereocenters. The average molecular weight is 258 g/mol. The van der Waals surface area contributed by atoms with Crippen LogP contribution in [0.25, 0.3) is 0 Å². The molecule has 1 rings (SSSR count). The fourth-order valence-electron chi connectivity index (χ4n) is 0.944. The average Bonchev–Trinajstić information content (AvgIpc) is 2.43. The van der Waals surface area contributed by atoms with E-state index in [2.05, 4.69) is 21.0 Å². The van der Waals surface area contributed by atoms with Crippen molar-refractivity contribution in [1.82, 2.24) is 9.78 Å². The third-order valence-electron chi connectivity index (χ3n) is 1.50. The van der Waals surface area contributed by atoms with Crippen molar-refractivity contribution in [3.63, 3.8) is 0 Å². The number of hydrogen-bond donors (Lipinski definition) is 0. The van der Waals surface area contributed by atoms with Gasteiger partial charge in [0.1, 0.15) is 10.5 Å². The molecule has 0 N–H and O–H groups in total. The van der Waals surface area contributed by atoms with Gasteiger partial charge in [-0.15, -0.1) is 0 Å².